The second-order valence-electron chi connectivity index (χ2n) is 13.7. The van der Waals surface area contributed by atoms with Gasteiger partial charge in [0.1, 0.15) is 11.6 Å². The number of carbonyl (C=O) groups is 3. The van der Waals surface area contributed by atoms with Crippen molar-refractivity contribution >= 4 is 23.4 Å². The Balaban J connectivity index is 1.24. The van der Waals surface area contributed by atoms with Gasteiger partial charge >= 0.3 is 0 Å². The minimum atomic E-state index is -1.15. The van der Waals surface area contributed by atoms with E-state index in [9.17, 15) is 14.4 Å². The highest BCUT2D eigenvalue weighted by atomic mass is 16.5. The molecule has 2 bridgehead atoms. The number of hydrogen-bond donors (Lipinski definition) is 2. The van der Waals surface area contributed by atoms with E-state index in [-0.39, 0.29) is 23.8 Å². The summed E-state index contributed by atoms with van der Waals surface area (Å²) in [5, 5.41) is 6.39. The number of nitrogens with zero attached hydrogens (tertiary/aromatic N) is 2. The van der Waals surface area contributed by atoms with Gasteiger partial charge in [-0.1, -0.05) is 88.2 Å². The third-order valence-electron chi connectivity index (χ3n) is 10.8. The van der Waals surface area contributed by atoms with Crippen molar-refractivity contribution < 1.29 is 19.1 Å². The maximum atomic E-state index is 14.4. The van der Waals surface area contributed by atoms with Crippen LogP contribution in [-0.2, 0) is 25.7 Å². The van der Waals surface area contributed by atoms with Crippen LogP contribution in [0.2, 0.25) is 0 Å². The number of amides is 3. The first-order valence-electron chi connectivity index (χ1n) is 16.8. The minimum absolute atomic E-state index is 0.0538. The lowest BCUT2D eigenvalue weighted by molar-refractivity contribution is -0.141. The summed E-state index contributed by atoms with van der Waals surface area (Å²) in [7, 11) is 0. The predicted octanol–water partition coefficient (Wildman–Crippen LogP) is 4.94. The number of benzene rings is 2. The van der Waals surface area contributed by atoms with Crippen molar-refractivity contribution in [2.45, 2.75) is 83.7 Å². The summed E-state index contributed by atoms with van der Waals surface area (Å²) < 4.78 is 6.57. The van der Waals surface area contributed by atoms with Crippen molar-refractivity contribution in [1.29, 1.82) is 0 Å². The molecule has 1 aliphatic carbocycles. The summed E-state index contributed by atoms with van der Waals surface area (Å²) >= 11 is 0. The molecule has 0 radical (unpaired) electrons. The topological polar surface area (TPSA) is 91.0 Å². The average Bonchev–Trinajstić information content (AvgIpc) is 3.67. The molecule has 2 saturated heterocycles. The monoisotopic (exact) mass is 612 g/mol. The van der Waals surface area contributed by atoms with Crippen LogP contribution in [0.1, 0.15) is 57.6 Å². The normalized spacial score (nSPS) is 31.8. The van der Waals surface area contributed by atoms with E-state index >= 15 is 0 Å². The molecular weight excluding hydrogens is 564 g/mol. The molecule has 8 atom stereocenters. The number of likely N-dealkylation sites (tertiary alicyclic amines) is 1. The van der Waals surface area contributed by atoms with Crippen LogP contribution >= 0.6 is 0 Å². The van der Waals surface area contributed by atoms with Crippen molar-refractivity contribution in [2.75, 3.05) is 25.0 Å². The average molecular weight is 613 g/mol. The van der Waals surface area contributed by atoms with Crippen LogP contribution in [0.5, 0.6) is 0 Å². The molecule has 3 aliphatic heterocycles. The van der Waals surface area contributed by atoms with E-state index < -0.39 is 29.6 Å². The van der Waals surface area contributed by atoms with Gasteiger partial charge in [-0.3, -0.25) is 19.3 Å². The largest absolute Gasteiger partial charge is 0.359 e. The van der Waals surface area contributed by atoms with Crippen LogP contribution in [-0.4, -0.2) is 70.9 Å². The standard InChI is InChI=1S/C37H48N4O4/c1-5-40(23-27-14-7-6-8-15-27)20-11-21-41-33(35(43)39-29-17-10-13-25(3)26(29)4)37-19-18-30(45-37)31(32(37)36(41)44)34(42)38-28-16-9-12-24(2)22-28/h6-9,12,14-16,18-19,22,25-26,29-33H,5,10-11,13,17,20-21,23H2,1-4H3,(H,38,42)(H,39,43)/t25?,26?,29?,30-,31?,32-,33?,37?/m0/s1. The number of hydrogen-bond acceptors (Lipinski definition) is 5. The molecule has 2 aromatic carbocycles. The smallest absolute Gasteiger partial charge is 0.246 e. The van der Waals surface area contributed by atoms with Gasteiger partial charge in [0, 0.05) is 31.4 Å². The Kier molecular flexibility index (Phi) is 9.16. The minimum Gasteiger partial charge on any atom is -0.359 e. The summed E-state index contributed by atoms with van der Waals surface area (Å²) in [4.78, 5) is 46.6. The van der Waals surface area contributed by atoms with Crippen LogP contribution in [0.25, 0.3) is 0 Å². The summed E-state index contributed by atoms with van der Waals surface area (Å²) in [5.41, 5.74) is 1.82. The van der Waals surface area contributed by atoms with E-state index in [4.69, 9.17) is 4.74 Å². The fourth-order valence-corrected chi connectivity index (χ4v) is 8.16. The van der Waals surface area contributed by atoms with Crippen molar-refractivity contribution in [3.8, 4) is 0 Å². The second-order valence-corrected chi connectivity index (χ2v) is 13.7. The van der Waals surface area contributed by atoms with E-state index in [1.54, 1.807) is 4.90 Å². The summed E-state index contributed by atoms with van der Waals surface area (Å²) in [6.07, 6.45) is 7.13. The lowest BCUT2D eigenvalue weighted by Crippen LogP contribution is -2.58. The lowest BCUT2D eigenvalue weighted by atomic mass is 9.73. The molecular formula is C37H48N4O4. The molecule has 45 heavy (non-hydrogen) atoms. The van der Waals surface area contributed by atoms with E-state index in [2.05, 4.69) is 60.6 Å². The number of carbonyl (C=O) groups excluding carboxylic acids is 3. The molecule has 0 aromatic heterocycles. The molecule has 3 heterocycles. The van der Waals surface area contributed by atoms with E-state index in [1.807, 2.05) is 49.4 Å². The zero-order valence-corrected chi connectivity index (χ0v) is 27.1. The number of nitrogens with one attached hydrogen (secondary N) is 2. The van der Waals surface area contributed by atoms with Crippen LogP contribution in [0.3, 0.4) is 0 Å². The zero-order chi connectivity index (χ0) is 31.7. The first kappa shape index (κ1) is 31.5. The van der Waals surface area contributed by atoms with E-state index in [0.29, 0.717) is 30.5 Å². The molecule has 8 nitrogen and oxygen atoms in total. The second kappa shape index (κ2) is 13.1. The van der Waals surface area contributed by atoms with Gasteiger partial charge in [0.25, 0.3) is 0 Å². The van der Waals surface area contributed by atoms with Gasteiger partial charge in [-0.25, -0.2) is 0 Å². The molecule has 8 heteroatoms. The highest BCUT2D eigenvalue weighted by molar-refractivity contribution is 6.02. The Morgan fingerprint density at radius 3 is 2.62 bits per heavy atom. The van der Waals surface area contributed by atoms with Gasteiger partial charge in [0.15, 0.2) is 0 Å². The quantitative estimate of drug-likeness (QED) is 0.351. The molecule has 240 valence electrons. The number of anilines is 1. The highest BCUT2D eigenvalue weighted by Gasteiger charge is 2.72. The maximum absolute atomic E-state index is 14.4. The van der Waals surface area contributed by atoms with Crippen LogP contribution in [0.15, 0.2) is 66.7 Å². The summed E-state index contributed by atoms with van der Waals surface area (Å²) in [6.45, 7) is 11.5. The molecule has 1 saturated carbocycles. The van der Waals surface area contributed by atoms with Gasteiger partial charge in [-0.15, -0.1) is 0 Å². The van der Waals surface area contributed by atoms with Crippen molar-refractivity contribution in [3.63, 3.8) is 0 Å². The number of ether oxygens (including phenoxy) is 1. The van der Waals surface area contributed by atoms with Crippen LogP contribution < -0.4 is 10.6 Å². The Morgan fingerprint density at radius 2 is 1.87 bits per heavy atom. The lowest BCUT2D eigenvalue weighted by Gasteiger charge is -2.38. The van der Waals surface area contributed by atoms with E-state index in [0.717, 1.165) is 44.5 Å². The molecule has 1 spiro atoms. The Morgan fingerprint density at radius 1 is 1.07 bits per heavy atom. The van der Waals surface area contributed by atoms with Gasteiger partial charge in [-0.05, 0) is 61.4 Å². The summed E-state index contributed by atoms with van der Waals surface area (Å²) in [6, 6.07) is 17.3. The highest BCUT2D eigenvalue weighted by Crippen LogP contribution is 2.55. The first-order valence-corrected chi connectivity index (χ1v) is 16.8. The third-order valence-corrected chi connectivity index (χ3v) is 10.8. The van der Waals surface area contributed by atoms with Gasteiger partial charge < -0.3 is 20.3 Å². The van der Waals surface area contributed by atoms with Crippen molar-refractivity contribution in [2.24, 2.45) is 23.7 Å². The fraction of sp³-hybridized carbons (Fsp3) is 0.541. The molecule has 2 N–H and O–H groups in total. The van der Waals surface area contributed by atoms with Crippen molar-refractivity contribution in [1.82, 2.24) is 15.1 Å². The zero-order valence-electron chi connectivity index (χ0n) is 27.1. The molecule has 3 fully saturated rings. The van der Waals surface area contributed by atoms with E-state index in [1.165, 1.54) is 5.56 Å². The maximum Gasteiger partial charge on any atom is 0.246 e. The molecule has 2 aromatic rings. The third kappa shape index (κ3) is 6.07. The van der Waals surface area contributed by atoms with Crippen LogP contribution in [0, 0.1) is 30.6 Å². The van der Waals surface area contributed by atoms with Gasteiger partial charge in [0.2, 0.25) is 17.7 Å². The molecule has 6 unspecified atom stereocenters. The number of rotatable bonds is 11. The number of aryl methyl sites for hydroxylation is 1. The summed E-state index contributed by atoms with van der Waals surface area (Å²) in [5.74, 6) is -1.16. The Hall–Kier alpha value is -3.49. The number of fused-ring (bicyclic) bond motifs is 1. The fourth-order valence-electron chi connectivity index (χ4n) is 8.16. The Labute approximate surface area is 267 Å². The van der Waals surface area contributed by atoms with Gasteiger partial charge in [-0.2, -0.15) is 0 Å². The molecule has 4 aliphatic rings. The van der Waals surface area contributed by atoms with Crippen LogP contribution in [0.4, 0.5) is 5.69 Å². The molecule has 6 rings (SSSR count). The predicted molar refractivity (Wildman–Crippen MR) is 175 cm³/mol. The molecule has 3 amide bonds. The SMILES string of the molecule is CCN(CCCN1C(=O)[C@@H]2C(C(=O)Nc3cccc(C)c3)[C@@H]3C=CC2(O3)C1C(=O)NC1CCCC(C)C1C)Cc1ccccc1. The van der Waals surface area contributed by atoms with Crippen molar-refractivity contribution in [3.05, 3.63) is 77.9 Å². The first-order chi connectivity index (χ1) is 21.7. The Bertz CT molecular complexity index is 1430. The van der Waals surface area contributed by atoms with Gasteiger partial charge in [0.05, 0.1) is 17.9 Å².